The van der Waals surface area contributed by atoms with E-state index in [1.165, 1.54) is 94.3 Å². The van der Waals surface area contributed by atoms with Crippen molar-refractivity contribution in [2.75, 3.05) is 21.3 Å². The number of benzene rings is 3. The average molecular weight is 578 g/mol. The molecule has 1 aromatic heterocycles. The molecule has 4 rings (SSSR count). The van der Waals surface area contributed by atoms with Crippen molar-refractivity contribution in [2.45, 2.75) is 13.8 Å². The smallest absolute Gasteiger partial charge is 0.362 e. The van der Waals surface area contributed by atoms with Crippen molar-refractivity contribution in [1.29, 1.82) is 0 Å². The van der Waals surface area contributed by atoms with Crippen molar-refractivity contribution in [3.63, 3.8) is 0 Å². The van der Waals surface area contributed by atoms with E-state index in [1.54, 1.807) is 12.1 Å². The third kappa shape index (κ3) is 8.29. The predicted molar refractivity (Wildman–Crippen MR) is 153 cm³/mol. The Balaban J connectivity index is 0.00000201. The Kier molecular flexibility index (Phi) is 12.5. The Morgan fingerprint density at radius 2 is 1.02 bits per heavy atom. The maximum Gasteiger partial charge on any atom is 0.362 e. The Morgan fingerprint density at radius 3 is 1.45 bits per heavy atom. The van der Waals surface area contributed by atoms with Crippen LogP contribution in [0.3, 0.4) is 0 Å². The number of carbonyl (C=O) groups excluding carboxylic acids is 3. The summed E-state index contributed by atoms with van der Waals surface area (Å²) in [5.74, 6) is -0.207. The highest BCUT2D eigenvalue weighted by Gasteiger charge is 2.19. The number of hydrogen-bond acceptors (Lipinski definition) is 10. The second-order valence-corrected chi connectivity index (χ2v) is 7.79. The number of pyridine rings is 1. The first-order valence-corrected chi connectivity index (χ1v) is 12.5. The quantitative estimate of drug-likeness (QED) is 0.197. The summed E-state index contributed by atoms with van der Waals surface area (Å²) in [4.78, 5) is 41.3. The summed E-state index contributed by atoms with van der Waals surface area (Å²) in [6.07, 6.45) is 1.49. The van der Waals surface area contributed by atoms with Crippen LogP contribution in [0, 0.1) is 0 Å². The predicted octanol–water partition coefficient (Wildman–Crippen LogP) is 4.97. The molecular weight excluding hydrogens is 546 g/mol. The van der Waals surface area contributed by atoms with Crippen molar-refractivity contribution in [2.24, 2.45) is 0 Å². The maximum absolute atomic E-state index is 12.7. The Morgan fingerprint density at radius 1 is 0.571 bits per heavy atom. The molecule has 0 amide bonds. The number of rotatable bonds is 9. The van der Waals surface area contributed by atoms with Crippen LogP contribution in [0.15, 0.2) is 85.1 Å². The van der Waals surface area contributed by atoms with Gasteiger partial charge < -0.3 is 33.9 Å². The number of esters is 3. The fourth-order valence-electron chi connectivity index (χ4n) is 3.41. The molecule has 0 atom stereocenters. The second-order valence-electron chi connectivity index (χ2n) is 7.79. The van der Waals surface area contributed by atoms with E-state index in [-0.39, 0.29) is 39.5 Å². The minimum atomic E-state index is -0.659. The summed E-state index contributed by atoms with van der Waals surface area (Å²) in [5.41, 5.74) is 0.584. The molecule has 0 unspecified atom stereocenters. The fraction of sp³-hybridized carbons (Fsp3) is 0.161. The third-order valence-electron chi connectivity index (χ3n) is 5.32. The molecule has 0 spiro atoms. The van der Waals surface area contributed by atoms with E-state index in [1.807, 2.05) is 13.8 Å². The summed E-state index contributed by atoms with van der Waals surface area (Å²) < 4.78 is 31.8. The third-order valence-corrected chi connectivity index (χ3v) is 5.32. The molecule has 0 saturated heterocycles. The van der Waals surface area contributed by atoms with E-state index in [4.69, 9.17) is 28.4 Å². The molecule has 42 heavy (non-hydrogen) atoms. The lowest BCUT2D eigenvalue weighted by molar-refractivity contribution is 0.0715. The van der Waals surface area contributed by atoms with Crippen molar-refractivity contribution >= 4 is 17.9 Å². The van der Waals surface area contributed by atoms with Crippen molar-refractivity contribution in [1.82, 2.24) is 4.98 Å². The van der Waals surface area contributed by atoms with Gasteiger partial charge in [-0.05, 0) is 72.8 Å². The summed E-state index contributed by atoms with van der Waals surface area (Å²) in [6, 6.07) is 19.7. The van der Waals surface area contributed by atoms with Crippen LogP contribution in [-0.2, 0) is 0 Å². The van der Waals surface area contributed by atoms with Crippen LogP contribution >= 0.6 is 0 Å². The number of carbonyl (C=O) groups is 3. The van der Waals surface area contributed by atoms with Crippen molar-refractivity contribution in [3.05, 3.63) is 102 Å². The number of methoxy groups -OCH3 is 3. The minimum absolute atomic E-state index is 0. The molecule has 0 radical (unpaired) electrons. The van der Waals surface area contributed by atoms with Gasteiger partial charge in [0.1, 0.15) is 22.9 Å². The van der Waals surface area contributed by atoms with E-state index in [9.17, 15) is 14.4 Å². The van der Waals surface area contributed by atoms with E-state index in [0.29, 0.717) is 17.2 Å². The summed E-state index contributed by atoms with van der Waals surface area (Å²) in [7, 11) is 4.34. The van der Waals surface area contributed by atoms with Crippen LogP contribution in [0.4, 0.5) is 0 Å². The lowest BCUT2D eigenvalue weighted by atomic mass is 10.1. The molecule has 3 aromatic carbocycles. The fourth-order valence-corrected chi connectivity index (χ4v) is 3.41. The van der Waals surface area contributed by atoms with Crippen LogP contribution in [0.25, 0.3) is 0 Å². The van der Waals surface area contributed by atoms with Crippen molar-refractivity contribution in [3.8, 4) is 34.5 Å². The van der Waals surface area contributed by atoms with Gasteiger partial charge in [-0.3, -0.25) is 0 Å². The Bertz CT molecular complexity index is 1450. The van der Waals surface area contributed by atoms with E-state index in [2.05, 4.69) is 4.98 Å². The molecule has 0 aliphatic carbocycles. The highest BCUT2D eigenvalue weighted by molar-refractivity contribution is 5.94. The summed E-state index contributed by atoms with van der Waals surface area (Å²) in [6.45, 7) is 4.00. The van der Waals surface area contributed by atoms with Crippen LogP contribution in [0.2, 0.25) is 0 Å². The Hall–Kier alpha value is -5.42. The average Bonchev–Trinajstić information content (AvgIpc) is 3.02. The molecular formula is C31H31NO10. The zero-order valence-electron chi connectivity index (χ0n) is 23.7. The zero-order chi connectivity index (χ0) is 29.8. The van der Waals surface area contributed by atoms with Gasteiger partial charge in [0.25, 0.3) is 0 Å². The van der Waals surface area contributed by atoms with Gasteiger partial charge in [0.05, 0.1) is 32.5 Å². The molecule has 11 nitrogen and oxygen atoms in total. The topological polar surface area (TPSA) is 151 Å². The standard InChI is InChI=1S/C29H23NO9.C2H6.H2O/c1-34-24-16-19(17-25(35-2)26(24)36-3)28(32)38-20-9-7-18(8-10-20)27(31)37-21-11-13-22(14-12-21)39-29(33)23-6-4-5-15-30-23;1-2;/h4-17H,1-3H3;1-2H3;1H2. The van der Waals surface area contributed by atoms with Gasteiger partial charge in [-0.2, -0.15) is 0 Å². The highest BCUT2D eigenvalue weighted by Crippen LogP contribution is 2.38. The SMILES string of the molecule is CC.COc1cc(C(=O)Oc2ccc(C(=O)Oc3ccc(OC(=O)c4ccccn4)cc3)cc2)cc(OC)c1OC.O. The largest absolute Gasteiger partial charge is 0.493 e. The van der Waals surface area contributed by atoms with E-state index >= 15 is 0 Å². The van der Waals surface area contributed by atoms with Crippen molar-refractivity contribution < 1.29 is 48.3 Å². The molecule has 0 aliphatic heterocycles. The molecule has 11 heteroatoms. The highest BCUT2D eigenvalue weighted by atomic mass is 16.5. The first kappa shape index (κ1) is 32.8. The minimum Gasteiger partial charge on any atom is -0.493 e. The van der Waals surface area contributed by atoms with Crippen LogP contribution in [0.5, 0.6) is 34.5 Å². The molecule has 2 N–H and O–H groups in total. The lowest BCUT2D eigenvalue weighted by Gasteiger charge is -2.13. The van der Waals surface area contributed by atoms with Gasteiger partial charge in [-0.15, -0.1) is 0 Å². The zero-order valence-corrected chi connectivity index (χ0v) is 23.7. The monoisotopic (exact) mass is 577 g/mol. The number of aromatic nitrogens is 1. The number of nitrogens with zero attached hydrogens (tertiary/aromatic N) is 1. The molecule has 0 bridgehead atoms. The van der Waals surface area contributed by atoms with Crippen LogP contribution in [-0.4, -0.2) is 49.7 Å². The summed E-state index contributed by atoms with van der Waals surface area (Å²) >= 11 is 0. The van der Waals surface area contributed by atoms with Gasteiger partial charge in [0.15, 0.2) is 11.5 Å². The molecule has 0 aliphatic rings. The van der Waals surface area contributed by atoms with Crippen LogP contribution < -0.4 is 28.4 Å². The van der Waals surface area contributed by atoms with Gasteiger partial charge in [0.2, 0.25) is 5.75 Å². The van der Waals surface area contributed by atoms with E-state index in [0.717, 1.165) is 0 Å². The van der Waals surface area contributed by atoms with E-state index < -0.39 is 17.9 Å². The van der Waals surface area contributed by atoms with Gasteiger partial charge in [0, 0.05) is 6.20 Å². The normalized spacial score (nSPS) is 9.64. The van der Waals surface area contributed by atoms with Gasteiger partial charge >= 0.3 is 17.9 Å². The lowest BCUT2D eigenvalue weighted by Crippen LogP contribution is -2.11. The molecule has 1 heterocycles. The van der Waals surface area contributed by atoms with Crippen LogP contribution in [0.1, 0.15) is 45.1 Å². The number of ether oxygens (including phenoxy) is 6. The molecule has 4 aromatic rings. The number of hydrogen-bond donors (Lipinski definition) is 0. The Labute approximate surface area is 242 Å². The molecule has 0 fully saturated rings. The summed E-state index contributed by atoms with van der Waals surface area (Å²) in [5, 5.41) is 0. The maximum atomic E-state index is 12.7. The molecule has 220 valence electrons. The van der Waals surface area contributed by atoms with Gasteiger partial charge in [-0.25, -0.2) is 19.4 Å². The first-order chi connectivity index (χ1) is 19.9. The first-order valence-electron chi connectivity index (χ1n) is 12.5. The second kappa shape index (κ2) is 16.0. The molecule has 0 saturated carbocycles. The van der Waals surface area contributed by atoms with Gasteiger partial charge in [-0.1, -0.05) is 19.9 Å².